The Bertz CT molecular complexity index is 442. The van der Waals surface area contributed by atoms with Crippen LogP contribution in [0.2, 0.25) is 0 Å². The largest absolute Gasteiger partial charge is 0.488 e. The molecule has 0 spiro atoms. The molecular weight excluding hydrogens is 220 g/mol. The first-order chi connectivity index (χ1) is 7.99. The highest BCUT2D eigenvalue weighted by Crippen LogP contribution is 2.31. The van der Waals surface area contributed by atoms with Gasteiger partial charge in [0.15, 0.2) is 0 Å². The summed E-state index contributed by atoms with van der Waals surface area (Å²) in [7, 11) is 0. The molecule has 1 aromatic rings. The van der Waals surface area contributed by atoms with Crippen molar-refractivity contribution in [3.63, 3.8) is 0 Å². The number of rotatable bonds is 2. The summed E-state index contributed by atoms with van der Waals surface area (Å²) in [5, 5.41) is 0. The van der Waals surface area contributed by atoms with Crippen molar-refractivity contribution in [3.8, 4) is 5.75 Å². The van der Waals surface area contributed by atoms with Crippen molar-refractivity contribution in [2.24, 2.45) is 0 Å². The minimum Gasteiger partial charge on any atom is -0.488 e. The molecular formula is C17H26O. The molecule has 0 bridgehead atoms. The normalized spacial score (nSPS) is 12.4. The van der Waals surface area contributed by atoms with Gasteiger partial charge in [-0.05, 0) is 56.4 Å². The van der Waals surface area contributed by atoms with Crippen molar-refractivity contribution in [2.45, 2.75) is 59.5 Å². The maximum absolute atomic E-state index is 5.99. The summed E-state index contributed by atoms with van der Waals surface area (Å²) in [6, 6.07) is 6.42. The Kier molecular flexibility index (Phi) is 3.95. The Morgan fingerprint density at radius 3 is 1.94 bits per heavy atom. The Labute approximate surface area is 112 Å². The maximum Gasteiger partial charge on any atom is 0.120 e. The molecule has 0 unspecified atom stereocenters. The Morgan fingerprint density at radius 2 is 1.56 bits per heavy atom. The Morgan fingerprint density at radius 1 is 1.00 bits per heavy atom. The van der Waals surface area contributed by atoms with Gasteiger partial charge in [0.05, 0.1) is 0 Å². The lowest BCUT2D eigenvalue weighted by Crippen LogP contribution is -2.23. The van der Waals surface area contributed by atoms with Crippen LogP contribution >= 0.6 is 0 Å². The third-order valence-electron chi connectivity index (χ3n) is 2.69. The molecule has 0 radical (unpaired) electrons. The number of ether oxygens (including phenoxy) is 1. The summed E-state index contributed by atoms with van der Waals surface area (Å²) >= 11 is 0. The average Bonchev–Trinajstić information content (AvgIpc) is 2.12. The molecule has 1 aromatic carbocycles. The van der Waals surface area contributed by atoms with Crippen LogP contribution in [0.1, 0.15) is 59.6 Å². The van der Waals surface area contributed by atoms with Gasteiger partial charge in [-0.15, -0.1) is 0 Å². The second-order valence-electron chi connectivity index (χ2n) is 6.99. The zero-order chi connectivity index (χ0) is 14.1. The van der Waals surface area contributed by atoms with Gasteiger partial charge in [-0.25, -0.2) is 0 Å². The highest BCUT2D eigenvalue weighted by Gasteiger charge is 2.18. The summed E-state index contributed by atoms with van der Waals surface area (Å²) in [5.41, 5.74) is 3.44. The van der Waals surface area contributed by atoms with Crippen molar-refractivity contribution in [1.29, 1.82) is 0 Å². The van der Waals surface area contributed by atoms with Crippen LogP contribution in [0.5, 0.6) is 5.75 Å². The van der Waals surface area contributed by atoms with Crippen LogP contribution in [-0.4, -0.2) is 5.60 Å². The fourth-order valence-corrected chi connectivity index (χ4v) is 1.69. The molecule has 0 amide bonds. The summed E-state index contributed by atoms with van der Waals surface area (Å²) in [5.74, 6) is 0.924. The third kappa shape index (κ3) is 4.21. The summed E-state index contributed by atoms with van der Waals surface area (Å²) in [6.45, 7) is 18.9. The van der Waals surface area contributed by atoms with E-state index < -0.39 is 0 Å². The molecule has 0 saturated carbocycles. The zero-order valence-corrected chi connectivity index (χ0v) is 12.8. The van der Waals surface area contributed by atoms with E-state index in [9.17, 15) is 0 Å². The molecule has 0 N–H and O–H groups in total. The first-order valence-electron chi connectivity index (χ1n) is 6.49. The van der Waals surface area contributed by atoms with Gasteiger partial charge in [0, 0.05) is 0 Å². The molecule has 0 heterocycles. The monoisotopic (exact) mass is 246 g/mol. The van der Waals surface area contributed by atoms with Gasteiger partial charge in [-0.2, -0.15) is 0 Å². The average molecular weight is 246 g/mol. The fraction of sp³-hybridized carbons (Fsp3) is 0.529. The molecule has 0 aromatic heterocycles. The van der Waals surface area contributed by atoms with E-state index >= 15 is 0 Å². The smallest absolute Gasteiger partial charge is 0.120 e. The van der Waals surface area contributed by atoms with E-state index in [2.05, 4.69) is 66.3 Å². The van der Waals surface area contributed by atoms with Gasteiger partial charge in [0.1, 0.15) is 11.4 Å². The zero-order valence-electron chi connectivity index (χ0n) is 12.8. The van der Waals surface area contributed by atoms with Crippen molar-refractivity contribution >= 4 is 5.57 Å². The van der Waals surface area contributed by atoms with Crippen LogP contribution in [0.3, 0.4) is 0 Å². The minimum atomic E-state index is -0.178. The number of hydrogen-bond acceptors (Lipinski definition) is 1. The lowest BCUT2D eigenvalue weighted by molar-refractivity contribution is 0.130. The summed E-state index contributed by atoms with van der Waals surface area (Å²) < 4.78 is 5.99. The Hall–Kier alpha value is -1.24. The minimum absolute atomic E-state index is 0.113. The van der Waals surface area contributed by atoms with Crippen LogP contribution in [0.4, 0.5) is 0 Å². The fourth-order valence-electron chi connectivity index (χ4n) is 1.69. The van der Waals surface area contributed by atoms with Crippen LogP contribution in [-0.2, 0) is 5.41 Å². The third-order valence-corrected chi connectivity index (χ3v) is 2.69. The lowest BCUT2D eigenvalue weighted by atomic mass is 9.85. The van der Waals surface area contributed by atoms with Crippen molar-refractivity contribution in [3.05, 3.63) is 35.9 Å². The second-order valence-corrected chi connectivity index (χ2v) is 6.99. The molecule has 1 rings (SSSR count). The van der Waals surface area contributed by atoms with Crippen molar-refractivity contribution < 1.29 is 4.74 Å². The predicted octanol–water partition coefficient (Wildman–Crippen LogP) is 5.19. The van der Waals surface area contributed by atoms with Gasteiger partial charge >= 0.3 is 0 Å². The van der Waals surface area contributed by atoms with Gasteiger partial charge in [-0.3, -0.25) is 0 Å². The maximum atomic E-state index is 5.99. The van der Waals surface area contributed by atoms with E-state index in [0.29, 0.717) is 0 Å². The van der Waals surface area contributed by atoms with Crippen LogP contribution in [0.25, 0.3) is 5.57 Å². The molecule has 100 valence electrons. The van der Waals surface area contributed by atoms with Gasteiger partial charge in [0.25, 0.3) is 0 Å². The van der Waals surface area contributed by atoms with Crippen molar-refractivity contribution in [2.75, 3.05) is 0 Å². The van der Waals surface area contributed by atoms with E-state index in [1.165, 1.54) is 5.56 Å². The van der Waals surface area contributed by atoms with Crippen LogP contribution < -0.4 is 4.74 Å². The second kappa shape index (κ2) is 4.79. The first-order valence-corrected chi connectivity index (χ1v) is 6.49. The van der Waals surface area contributed by atoms with Crippen LogP contribution in [0.15, 0.2) is 24.8 Å². The molecule has 0 aliphatic carbocycles. The van der Waals surface area contributed by atoms with E-state index in [1.54, 1.807) is 0 Å². The summed E-state index contributed by atoms with van der Waals surface area (Å²) in [6.07, 6.45) is 0. The lowest BCUT2D eigenvalue weighted by Gasteiger charge is -2.25. The van der Waals surface area contributed by atoms with E-state index in [0.717, 1.165) is 16.9 Å². The SMILES string of the molecule is C=C(C)c1cc(OC(C)(C)C)cc(C(C)(C)C)c1. The molecule has 0 aliphatic rings. The molecule has 1 nitrogen and oxygen atoms in total. The molecule has 18 heavy (non-hydrogen) atoms. The van der Waals surface area contributed by atoms with Gasteiger partial charge in [0.2, 0.25) is 0 Å². The highest BCUT2D eigenvalue weighted by molar-refractivity contribution is 5.64. The van der Waals surface area contributed by atoms with E-state index in [4.69, 9.17) is 4.74 Å². The quantitative estimate of drug-likeness (QED) is 0.697. The van der Waals surface area contributed by atoms with Crippen molar-refractivity contribution in [1.82, 2.24) is 0 Å². The summed E-state index contributed by atoms with van der Waals surface area (Å²) in [4.78, 5) is 0. The number of hydrogen-bond donors (Lipinski definition) is 0. The predicted molar refractivity (Wildman–Crippen MR) is 80.2 cm³/mol. The molecule has 0 fully saturated rings. The van der Waals surface area contributed by atoms with E-state index in [1.807, 2.05) is 6.92 Å². The van der Waals surface area contributed by atoms with Crippen LogP contribution in [0, 0.1) is 0 Å². The molecule has 0 aliphatic heterocycles. The van der Waals surface area contributed by atoms with Gasteiger partial charge in [-0.1, -0.05) is 39.0 Å². The number of allylic oxidation sites excluding steroid dienone is 1. The van der Waals surface area contributed by atoms with E-state index in [-0.39, 0.29) is 11.0 Å². The molecule has 0 saturated heterocycles. The Balaban J connectivity index is 3.27. The van der Waals surface area contributed by atoms with Gasteiger partial charge < -0.3 is 4.74 Å². The molecule has 0 atom stereocenters. The topological polar surface area (TPSA) is 9.23 Å². The number of benzene rings is 1. The molecule has 1 heteroatoms. The standard InChI is InChI=1S/C17H26O/c1-12(2)13-9-14(16(3,4)5)11-15(10-13)18-17(6,7)8/h9-11H,1H2,2-8H3. The first kappa shape index (κ1) is 14.8. The highest BCUT2D eigenvalue weighted by atomic mass is 16.5.